The van der Waals surface area contributed by atoms with Gasteiger partial charge in [0.05, 0.1) is 6.61 Å². The zero-order valence-electron chi connectivity index (χ0n) is 10.3. The van der Waals surface area contributed by atoms with Crippen molar-refractivity contribution in [3.05, 3.63) is 11.6 Å². The van der Waals surface area contributed by atoms with Crippen molar-refractivity contribution in [1.82, 2.24) is 0 Å². The Kier molecular flexibility index (Phi) is 4.27. The van der Waals surface area contributed by atoms with Gasteiger partial charge in [-0.3, -0.25) is 4.79 Å². The van der Waals surface area contributed by atoms with Gasteiger partial charge in [0.1, 0.15) is 11.7 Å². The Hall–Kier alpha value is -1.12. The summed E-state index contributed by atoms with van der Waals surface area (Å²) in [7, 11) is 0. The van der Waals surface area contributed by atoms with Crippen LogP contribution in [0.15, 0.2) is 11.6 Å². The summed E-state index contributed by atoms with van der Waals surface area (Å²) >= 11 is 0. The van der Waals surface area contributed by atoms with Crippen molar-refractivity contribution in [2.45, 2.75) is 40.0 Å². The monoisotopic (exact) mass is 224 g/mol. The molecule has 1 aliphatic carbocycles. The van der Waals surface area contributed by atoms with Gasteiger partial charge in [-0.25, -0.2) is 0 Å². The fraction of sp³-hybridized carbons (Fsp3) is 0.692. The highest BCUT2D eigenvalue weighted by Gasteiger charge is 2.51. The first kappa shape index (κ1) is 12.9. The van der Waals surface area contributed by atoms with Crippen LogP contribution >= 0.6 is 0 Å². The molecule has 3 heteroatoms. The number of aldehydes is 1. The number of hydrogen-bond acceptors (Lipinski definition) is 3. The number of ether oxygens (including phenoxy) is 1. The second-order valence-corrected chi connectivity index (χ2v) is 4.64. The zero-order chi connectivity index (χ0) is 12.2. The molecule has 0 aromatic heterocycles. The van der Waals surface area contributed by atoms with Crippen LogP contribution in [0.2, 0.25) is 0 Å². The minimum atomic E-state index is -0.923. The molecule has 1 fully saturated rings. The van der Waals surface area contributed by atoms with E-state index in [0.717, 1.165) is 24.7 Å². The van der Waals surface area contributed by atoms with Crippen molar-refractivity contribution < 1.29 is 14.3 Å². The lowest BCUT2D eigenvalue weighted by molar-refractivity contribution is -0.158. The average Bonchev–Trinajstić information content (AvgIpc) is 3.04. The van der Waals surface area contributed by atoms with E-state index < -0.39 is 5.41 Å². The lowest BCUT2D eigenvalue weighted by Crippen LogP contribution is -2.36. The molecule has 0 spiro atoms. The van der Waals surface area contributed by atoms with Crippen LogP contribution in [0.5, 0.6) is 0 Å². The maximum Gasteiger partial charge on any atom is 0.319 e. The third kappa shape index (κ3) is 2.71. The van der Waals surface area contributed by atoms with Crippen molar-refractivity contribution in [2.24, 2.45) is 11.3 Å². The maximum absolute atomic E-state index is 11.9. The van der Waals surface area contributed by atoms with Crippen LogP contribution in [-0.4, -0.2) is 18.9 Å². The third-order valence-electron chi connectivity index (χ3n) is 3.02. The van der Waals surface area contributed by atoms with E-state index in [4.69, 9.17) is 4.74 Å². The number of carbonyl (C=O) groups excluding carboxylic acids is 2. The Morgan fingerprint density at radius 2 is 2.06 bits per heavy atom. The second kappa shape index (κ2) is 5.28. The van der Waals surface area contributed by atoms with E-state index in [9.17, 15) is 9.59 Å². The summed E-state index contributed by atoms with van der Waals surface area (Å²) in [4.78, 5) is 23.2. The summed E-state index contributed by atoms with van der Waals surface area (Å²) in [6.07, 6.45) is 5.12. The third-order valence-corrected chi connectivity index (χ3v) is 3.02. The summed E-state index contributed by atoms with van der Waals surface area (Å²) in [5, 5.41) is 0. The molecule has 0 radical (unpaired) electrons. The second-order valence-electron chi connectivity index (χ2n) is 4.64. The lowest BCUT2D eigenvalue weighted by atomic mass is 9.80. The van der Waals surface area contributed by atoms with Gasteiger partial charge in [0.15, 0.2) is 0 Å². The maximum atomic E-state index is 11.9. The topological polar surface area (TPSA) is 43.4 Å². The standard InChI is InChI=1S/C13H20O3/c1-4-16-12(15)13(9-14,11-5-6-11)8-7-10(2)3/h7,9,11H,4-6,8H2,1-3H3. The lowest BCUT2D eigenvalue weighted by Gasteiger charge is -2.24. The first-order valence-corrected chi connectivity index (χ1v) is 5.83. The van der Waals surface area contributed by atoms with Crippen molar-refractivity contribution in [3.63, 3.8) is 0 Å². The van der Waals surface area contributed by atoms with Gasteiger partial charge in [0.25, 0.3) is 0 Å². The molecule has 0 saturated heterocycles. The van der Waals surface area contributed by atoms with Crippen molar-refractivity contribution in [2.75, 3.05) is 6.61 Å². The minimum absolute atomic E-state index is 0.180. The molecule has 0 aliphatic heterocycles. The quantitative estimate of drug-likeness (QED) is 0.301. The van der Waals surface area contributed by atoms with E-state index in [0.29, 0.717) is 13.0 Å². The first-order valence-electron chi connectivity index (χ1n) is 5.83. The predicted molar refractivity (Wildman–Crippen MR) is 61.9 cm³/mol. The van der Waals surface area contributed by atoms with Gasteiger partial charge < -0.3 is 9.53 Å². The molecule has 1 atom stereocenters. The van der Waals surface area contributed by atoms with Crippen LogP contribution in [0.25, 0.3) is 0 Å². The molecule has 1 saturated carbocycles. The molecule has 1 aliphatic rings. The van der Waals surface area contributed by atoms with Gasteiger partial charge in [-0.05, 0) is 46.0 Å². The number of allylic oxidation sites excluding steroid dienone is 2. The van der Waals surface area contributed by atoms with Crippen molar-refractivity contribution >= 4 is 12.3 Å². The fourth-order valence-corrected chi connectivity index (χ4v) is 1.85. The average molecular weight is 224 g/mol. The molecule has 0 bridgehead atoms. The van der Waals surface area contributed by atoms with Crippen molar-refractivity contribution in [3.8, 4) is 0 Å². The van der Waals surface area contributed by atoms with Crippen LogP contribution in [0.1, 0.15) is 40.0 Å². The van der Waals surface area contributed by atoms with Gasteiger partial charge in [-0.1, -0.05) is 11.6 Å². The molecule has 3 nitrogen and oxygen atoms in total. The molecule has 90 valence electrons. The Balaban J connectivity index is 2.85. The summed E-state index contributed by atoms with van der Waals surface area (Å²) in [5.41, 5.74) is 0.198. The molecular weight excluding hydrogens is 204 g/mol. The van der Waals surface area contributed by atoms with Gasteiger partial charge in [-0.15, -0.1) is 0 Å². The van der Waals surface area contributed by atoms with Crippen LogP contribution in [0, 0.1) is 11.3 Å². The summed E-state index contributed by atoms with van der Waals surface area (Å²) in [6.45, 7) is 6.03. The van der Waals surface area contributed by atoms with E-state index in [2.05, 4.69) is 0 Å². The highest BCUT2D eigenvalue weighted by atomic mass is 16.5. The Bertz CT molecular complexity index is 298. The van der Waals surface area contributed by atoms with E-state index in [1.54, 1.807) is 6.92 Å². The number of hydrogen-bond donors (Lipinski definition) is 0. The van der Waals surface area contributed by atoms with Gasteiger partial charge in [0.2, 0.25) is 0 Å². The number of carbonyl (C=O) groups is 2. The number of esters is 1. The van der Waals surface area contributed by atoms with Gasteiger partial charge in [0, 0.05) is 0 Å². The van der Waals surface area contributed by atoms with E-state index in [1.165, 1.54) is 0 Å². The molecule has 0 aromatic rings. The predicted octanol–water partition coefficient (Wildman–Crippen LogP) is 2.50. The molecule has 1 rings (SSSR count). The molecule has 0 amide bonds. The van der Waals surface area contributed by atoms with Gasteiger partial charge in [-0.2, -0.15) is 0 Å². The van der Waals surface area contributed by atoms with E-state index >= 15 is 0 Å². The van der Waals surface area contributed by atoms with Crippen LogP contribution in [0.3, 0.4) is 0 Å². The molecule has 1 unspecified atom stereocenters. The highest BCUT2D eigenvalue weighted by molar-refractivity contribution is 5.94. The molecule has 0 aromatic carbocycles. The molecular formula is C13H20O3. The highest BCUT2D eigenvalue weighted by Crippen LogP contribution is 2.47. The normalized spacial score (nSPS) is 18.4. The van der Waals surface area contributed by atoms with Crippen molar-refractivity contribution in [1.29, 1.82) is 0 Å². The Morgan fingerprint density at radius 1 is 1.44 bits per heavy atom. The minimum Gasteiger partial charge on any atom is -0.465 e. The molecule has 0 N–H and O–H groups in total. The summed E-state index contributed by atoms with van der Waals surface area (Å²) in [6, 6.07) is 0. The largest absolute Gasteiger partial charge is 0.465 e. The van der Waals surface area contributed by atoms with E-state index in [1.807, 2.05) is 19.9 Å². The van der Waals surface area contributed by atoms with E-state index in [-0.39, 0.29) is 11.9 Å². The van der Waals surface area contributed by atoms with Crippen LogP contribution in [0.4, 0.5) is 0 Å². The van der Waals surface area contributed by atoms with Gasteiger partial charge >= 0.3 is 5.97 Å². The fourth-order valence-electron chi connectivity index (χ4n) is 1.85. The smallest absolute Gasteiger partial charge is 0.319 e. The first-order chi connectivity index (χ1) is 7.56. The Morgan fingerprint density at radius 3 is 2.44 bits per heavy atom. The van der Waals surface area contributed by atoms with Crippen LogP contribution in [-0.2, 0) is 14.3 Å². The molecule has 16 heavy (non-hydrogen) atoms. The summed E-state index contributed by atoms with van der Waals surface area (Å²) < 4.78 is 5.03. The Labute approximate surface area is 96.9 Å². The zero-order valence-corrected chi connectivity index (χ0v) is 10.3. The number of rotatable bonds is 6. The summed E-state index contributed by atoms with van der Waals surface area (Å²) in [5.74, 6) is -0.176. The van der Waals surface area contributed by atoms with Crippen LogP contribution < -0.4 is 0 Å². The molecule has 0 heterocycles. The SMILES string of the molecule is CCOC(=O)C(C=O)(CC=C(C)C)C1CC1.